The fourth-order valence-electron chi connectivity index (χ4n) is 2.00. The first-order valence-electron chi connectivity index (χ1n) is 5.45. The number of hydrogen-bond donors (Lipinski definition) is 2. The molecule has 1 aliphatic heterocycles. The molecule has 0 saturated carbocycles. The third-order valence-electron chi connectivity index (χ3n) is 2.60. The number of carbonyl (C=O) groups is 1. The summed E-state index contributed by atoms with van der Waals surface area (Å²) in [6.45, 7) is 3.13. The number of halogens is 1. The van der Waals surface area contributed by atoms with Crippen molar-refractivity contribution in [2.45, 2.75) is 12.5 Å². The van der Waals surface area contributed by atoms with Crippen molar-refractivity contribution in [3.05, 3.63) is 29.3 Å². The lowest BCUT2D eigenvalue weighted by atomic mass is 9.97. The van der Waals surface area contributed by atoms with Crippen molar-refractivity contribution in [2.24, 2.45) is 0 Å². The van der Waals surface area contributed by atoms with Crippen LogP contribution in [0.15, 0.2) is 24.3 Å². The maximum Gasteiger partial charge on any atom is 0.238 e. The SMILES string of the molecule is CC1(O)CN(CC(=O)Nc2cccc(Cl)c2)C1. The summed E-state index contributed by atoms with van der Waals surface area (Å²) in [6.07, 6.45) is 0. The zero-order chi connectivity index (χ0) is 12.5. The minimum atomic E-state index is -0.643. The molecule has 1 aromatic carbocycles. The van der Waals surface area contributed by atoms with Crippen molar-refractivity contribution in [3.63, 3.8) is 0 Å². The molecule has 0 bridgehead atoms. The molecule has 1 aromatic rings. The van der Waals surface area contributed by atoms with Gasteiger partial charge in [0.15, 0.2) is 0 Å². The molecule has 2 rings (SSSR count). The topological polar surface area (TPSA) is 52.6 Å². The second-order valence-corrected chi connectivity index (χ2v) is 5.14. The number of carbonyl (C=O) groups excluding carboxylic acids is 1. The second-order valence-electron chi connectivity index (χ2n) is 4.70. The molecule has 0 atom stereocenters. The van der Waals surface area contributed by atoms with Gasteiger partial charge in [0.1, 0.15) is 0 Å². The number of β-amino-alcohol motifs (C(OH)–C–C–N with tert-alkyl or cyclic N) is 1. The number of anilines is 1. The molecule has 0 aliphatic carbocycles. The van der Waals surface area contributed by atoms with Crippen LogP contribution in [-0.4, -0.2) is 41.1 Å². The van der Waals surface area contributed by atoms with E-state index in [2.05, 4.69) is 5.32 Å². The average molecular weight is 255 g/mol. The molecule has 1 saturated heterocycles. The summed E-state index contributed by atoms with van der Waals surface area (Å²) in [5.41, 5.74) is 0.0471. The van der Waals surface area contributed by atoms with Gasteiger partial charge in [-0.2, -0.15) is 0 Å². The molecule has 17 heavy (non-hydrogen) atoms. The molecule has 1 fully saturated rings. The zero-order valence-corrected chi connectivity index (χ0v) is 10.4. The highest BCUT2D eigenvalue weighted by Crippen LogP contribution is 2.19. The van der Waals surface area contributed by atoms with E-state index in [9.17, 15) is 9.90 Å². The summed E-state index contributed by atoms with van der Waals surface area (Å²) in [5, 5.41) is 12.9. The highest BCUT2D eigenvalue weighted by Gasteiger charge is 2.37. The Morgan fingerprint density at radius 2 is 2.29 bits per heavy atom. The number of hydrogen-bond acceptors (Lipinski definition) is 3. The van der Waals surface area contributed by atoms with Crippen molar-refractivity contribution in [2.75, 3.05) is 25.0 Å². The number of nitrogens with one attached hydrogen (secondary N) is 1. The minimum absolute atomic E-state index is 0.0947. The van der Waals surface area contributed by atoms with Crippen molar-refractivity contribution >= 4 is 23.2 Å². The van der Waals surface area contributed by atoms with Crippen LogP contribution < -0.4 is 5.32 Å². The van der Waals surface area contributed by atoms with E-state index in [4.69, 9.17) is 11.6 Å². The van der Waals surface area contributed by atoms with Gasteiger partial charge in [-0.3, -0.25) is 9.69 Å². The third-order valence-corrected chi connectivity index (χ3v) is 2.84. The van der Waals surface area contributed by atoms with Crippen molar-refractivity contribution in [3.8, 4) is 0 Å². The van der Waals surface area contributed by atoms with E-state index >= 15 is 0 Å². The van der Waals surface area contributed by atoms with E-state index in [1.807, 2.05) is 4.90 Å². The van der Waals surface area contributed by atoms with Crippen LogP contribution in [-0.2, 0) is 4.79 Å². The summed E-state index contributed by atoms with van der Waals surface area (Å²) in [5.74, 6) is -0.0947. The molecule has 92 valence electrons. The van der Waals surface area contributed by atoms with Crippen LogP contribution in [0, 0.1) is 0 Å². The number of aliphatic hydroxyl groups is 1. The molecule has 1 amide bonds. The normalized spacial score (nSPS) is 18.5. The van der Waals surface area contributed by atoms with Crippen LogP contribution in [0.4, 0.5) is 5.69 Å². The number of amides is 1. The zero-order valence-electron chi connectivity index (χ0n) is 9.61. The van der Waals surface area contributed by atoms with Crippen LogP contribution in [0.5, 0.6) is 0 Å². The Labute approximate surface area is 105 Å². The molecule has 5 heteroatoms. The molecule has 1 aliphatic rings. The van der Waals surface area contributed by atoms with Gasteiger partial charge in [0.2, 0.25) is 5.91 Å². The lowest BCUT2D eigenvalue weighted by molar-refractivity contribution is -0.125. The van der Waals surface area contributed by atoms with E-state index in [1.54, 1.807) is 31.2 Å². The minimum Gasteiger partial charge on any atom is -0.388 e. The van der Waals surface area contributed by atoms with Gasteiger partial charge in [-0.05, 0) is 25.1 Å². The molecule has 0 spiro atoms. The van der Waals surface area contributed by atoms with Crippen molar-refractivity contribution < 1.29 is 9.90 Å². The van der Waals surface area contributed by atoms with E-state index in [-0.39, 0.29) is 5.91 Å². The van der Waals surface area contributed by atoms with E-state index in [0.29, 0.717) is 30.3 Å². The first kappa shape index (κ1) is 12.4. The Hall–Kier alpha value is -1.10. The Bertz CT molecular complexity index is 426. The Balaban J connectivity index is 1.82. The van der Waals surface area contributed by atoms with Gasteiger partial charge in [-0.15, -0.1) is 0 Å². The summed E-state index contributed by atoms with van der Waals surface area (Å²) in [4.78, 5) is 13.5. The molecular formula is C12H15ClN2O2. The molecule has 0 radical (unpaired) electrons. The number of nitrogens with zero attached hydrogens (tertiary/aromatic N) is 1. The largest absolute Gasteiger partial charge is 0.388 e. The van der Waals surface area contributed by atoms with Crippen LogP contribution in [0.1, 0.15) is 6.92 Å². The van der Waals surface area contributed by atoms with Crippen LogP contribution >= 0.6 is 11.6 Å². The Morgan fingerprint density at radius 3 is 2.88 bits per heavy atom. The first-order chi connectivity index (χ1) is 7.94. The summed E-state index contributed by atoms with van der Waals surface area (Å²) >= 11 is 5.82. The van der Waals surface area contributed by atoms with Gasteiger partial charge in [0, 0.05) is 23.8 Å². The van der Waals surface area contributed by atoms with Crippen LogP contribution in [0.3, 0.4) is 0 Å². The smallest absolute Gasteiger partial charge is 0.238 e. The van der Waals surface area contributed by atoms with Gasteiger partial charge >= 0.3 is 0 Å². The molecule has 1 heterocycles. The van der Waals surface area contributed by atoms with Gasteiger partial charge in [0.25, 0.3) is 0 Å². The summed E-state index contributed by atoms with van der Waals surface area (Å²) < 4.78 is 0. The maximum absolute atomic E-state index is 11.7. The van der Waals surface area contributed by atoms with Gasteiger partial charge in [-0.25, -0.2) is 0 Å². The molecule has 0 aromatic heterocycles. The molecule has 0 unspecified atom stereocenters. The number of likely N-dealkylation sites (tertiary alicyclic amines) is 1. The highest BCUT2D eigenvalue weighted by molar-refractivity contribution is 6.30. The van der Waals surface area contributed by atoms with E-state index in [0.717, 1.165) is 0 Å². The first-order valence-corrected chi connectivity index (χ1v) is 5.83. The second kappa shape index (κ2) is 4.64. The lowest BCUT2D eigenvalue weighted by Gasteiger charge is -2.43. The quantitative estimate of drug-likeness (QED) is 0.856. The van der Waals surface area contributed by atoms with Gasteiger partial charge < -0.3 is 10.4 Å². The fraction of sp³-hybridized carbons (Fsp3) is 0.417. The van der Waals surface area contributed by atoms with E-state index in [1.165, 1.54) is 0 Å². The van der Waals surface area contributed by atoms with Gasteiger partial charge in [-0.1, -0.05) is 17.7 Å². The number of rotatable bonds is 3. The highest BCUT2D eigenvalue weighted by atomic mass is 35.5. The van der Waals surface area contributed by atoms with Crippen LogP contribution in [0.25, 0.3) is 0 Å². The molecule has 2 N–H and O–H groups in total. The third kappa shape index (κ3) is 3.43. The molecular weight excluding hydrogens is 240 g/mol. The monoisotopic (exact) mass is 254 g/mol. The Kier molecular flexibility index (Phi) is 3.38. The predicted molar refractivity (Wildman–Crippen MR) is 67.1 cm³/mol. The van der Waals surface area contributed by atoms with E-state index < -0.39 is 5.60 Å². The average Bonchev–Trinajstić information content (AvgIpc) is 2.14. The lowest BCUT2D eigenvalue weighted by Crippen LogP contribution is -2.61. The standard InChI is InChI=1S/C12H15ClN2O2/c1-12(17)7-15(8-12)6-11(16)14-10-4-2-3-9(13)5-10/h2-5,17H,6-8H2,1H3,(H,14,16). The Morgan fingerprint density at radius 1 is 1.59 bits per heavy atom. The summed E-state index contributed by atoms with van der Waals surface area (Å²) in [6, 6.07) is 7.03. The van der Waals surface area contributed by atoms with Crippen molar-refractivity contribution in [1.82, 2.24) is 4.90 Å². The van der Waals surface area contributed by atoms with Crippen LogP contribution in [0.2, 0.25) is 5.02 Å². The number of benzene rings is 1. The molecule has 4 nitrogen and oxygen atoms in total. The summed E-state index contributed by atoms with van der Waals surface area (Å²) in [7, 11) is 0. The van der Waals surface area contributed by atoms with Gasteiger partial charge in [0.05, 0.1) is 12.1 Å². The maximum atomic E-state index is 11.7. The fourth-order valence-corrected chi connectivity index (χ4v) is 2.19. The predicted octanol–water partition coefficient (Wildman–Crippen LogP) is 1.35. The van der Waals surface area contributed by atoms with Crippen molar-refractivity contribution in [1.29, 1.82) is 0 Å².